The van der Waals surface area contributed by atoms with Crippen LogP contribution in [0.3, 0.4) is 0 Å². The molecular formula is C12H16N4O3. The van der Waals surface area contributed by atoms with Gasteiger partial charge >= 0.3 is 0 Å². The summed E-state index contributed by atoms with van der Waals surface area (Å²) in [7, 11) is 0. The van der Waals surface area contributed by atoms with E-state index in [9.17, 15) is 4.79 Å². The molecule has 0 atom stereocenters. The predicted molar refractivity (Wildman–Crippen MR) is 66.6 cm³/mol. The molecule has 0 aliphatic carbocycles. The van der Waals surface area contributed by atoms with Gasteiger partial charge in [-0.05, 0) is 6.07 Å². The third-order valence-corrected chi connectivity index (χ3v) is 3.52. The van der Waals surface area contributed by atoms with Gasteiger partial charge < -0.3 is 20.1 Å². The Bertz CT molecular complexity index is 478. The number of piperidine rings is 1. The zero-order chi connectivity index (χ0) is 13.3. The summed E-state index contributed by atoms with van der Waals surface area (Å²) in [5.74, 6) is -0.429. The maximum atomic E-state index is 11.1. The van der Waals surface area contributed by atoms with Crippen LogP contribution in [0.15, 0.2) is 12.3 Å². The van der Waals surface area contributed by atoms with E-state index in [0.717, 1.165) is 25.9 Å². The predicted octanol–water partition coefficient (Wildman–Crippen LogP) is -0.0812. The second kappa shape index (κ2) is 4.75. The third-order valence-electron chi connectivity index (χ3n) is 3.52. The number of carbonyl (C=O) groups excluding carboxylic acids is 1. The second-order valence-corrected chi connectivity index (χ2v) is 4.70. The normalized spacial score (nSPS) is 21.8. The van der Waals surface area contributed by atoms with Gasteiger partial charge in [-0.15, -0.1) is 0 Å². The van der Waals surface area contributed by atoms with E-state index in [1.165, 1.54) is 6.07 Å². The van der Waals surface area contributed by atoms with Crippen LogP contribution in [0.1, 0.15) is 23.3 Å². The number of anilines is 1. The Balaban J connectivity index is 1.71. The van der Waals surface area contributed by atoms with E-state index in [1.54, 1.807) is 6.20 Å². The number of primary amides is 1. The van der Waals surface area contributed by atoms with Crippen molar-refractivity contribution in [3.63, 3.8) is 0 Å². The quantitative estimate of drug-likeness (QED) is 0.803. The molecule has 2 N–H and O–H groups in total. The highest BCUT2D eigenvalue weighted by Gasteiger charge is 2.40. The van der Waals surface area contributed by atoms with Crippen molar-refractivity contribution in [3.8, 4) is 0 Å². The summed E-state index contributed by atoms with van der Waals surface area (Å²) in [4.78, 5) is 21.5. The van der Waals surface area contributed by atoms with E-state index in [2.05, 4.69) is 9.97 Å². The topological polar surface area (TPSA) is 90.6 Å². The largest absolute Gasteiger partial charge is 0.364 e. The fourth-order valence-corrected chi connectivity index (χ4v) is 2.47. The van der Waals surface area contributed by atoms with Crippen LogP contribution in [-0.2, 0) is 9.47 Å². The van der Waals surface area contributed by atoms with Crippen LogP contribution >= 0.6 is 0 Å². The van der Waals surface area contributed by atoms with Crippen LogP contribution < -0.4 is 10.6 Å². The molecule has 0 saturated carbocycles. The van der Waals surface area contributed by atoms with Gasteiger partial charge in [0.1, 0.15) is 5.69 Å². The van der Waals surface area contributed by atoms with Gasteiger partial charge in [-0.3, -0.25) is 4.79 Å². The van der Waals surface area contributed by atoms with E-state index in [4.69, 9.17) is 15.2 Å². The molecule has 7 nitrogen and oxygen atoms in total. The van der Waals surface area contributed by atoms with E-state index < -0.39 is 11.7 Å². The van der Waals surface area contributed by atoms with E-state index in [0.29, 0.717) is 19.2 Å². The first kappa shape index (κ1) is 12.3. The SMILES string of the molecule is NC(=O)c1ccnc(N2CCC3(CC2)OCCO3)n1. The Labute approximate surface area is 110 Å². The van der Waals surface area contributed by atoms with Gasteiger partial charge in [0.25, 0.3) is 5.91 Å². The lowest BCUT2D eigenvalue weighted by Crippen LogP contribution is -2.45. The standard InChI is InChI=1S/C12H16N4O3/c13-10(17)9-1-4-14-11(15-9)16-5-2-12(3-6-16)18-7-8-19-12/h1,4H,2-3,5-8H2,(H2,13,17). The summed E-state index contributed by atoms with van der Waals surface area (Å²) < 4.78 is 11.3. The Morgan fingerprint density at radius 2 is 2.00 bits per heavy atom. The molecule has 0 aromatic carbocycles. The average molecular weight is 264 g/mol. The molecule has 0 bridgehead atoms. The number of hydrogen-bond donors (Lipinski definition) is 1. The van der Waals surface area contributed by atoms with Gasteiger partial charge in [-0.1, -0.05) is 0 Å². The molecule has 3 rings (SSSR count). The number of amides is 1. The van der Waals surface area contributed by atoms with Crippen molar-refractivity contribution in [2.75, 3.05) is 31.2 Å². The average Bonchev–Trinajstić information content (AvgIpc) is 2.88. The number of hydrogen-bond acceptors (Lipinski definition) is 6. The van der Waals surface area contributed by atoms with Gasteiger partial charge in [0.15, 0.2) is 5.79 Å². The lowest BCUT2D eigenvalue weighted by molar-refractivity contribution is -0.169. The molecule has 1 amide bonds. The molecule has 1 aromatic heterocycles. The van der Waals surface area contributed by atoms with Crippen LogP contribution in [-0.4, -0.2) is 48.0 Å². The number of nitrogens with two attached hydrogens (primary N) is 1. The minimum Gasteiger partial charge on any atom is -0.364 e. The Kier molecular flexibility index (Phi) is 3.08. The van der Waals surface area contributed by atoms with Gasteiger partial charge in [-0.25, -0.2) is 9.97 Å². The highest BCUT2D eigenvalue weighted by molar-refractivity contribution is 5.90. The first-order chi connectivity index (χ1) is 9.19. The number of nitrogens with zero attached hydrogens (tertiary/aromatic N) is 3. The van der Waals surface area contributed by atoms with Crippen LogP contribution in [0.5, 0.6) is 0 Å². The van der Waals surface area contributed by atoms with Crippen LogP contribution in [0.25, 0.3) is 0 Å². The molecule has 1 aromatic rings. The van der Waals surface area contributed by atoms with Crippen molar-refractivity contribution in [1.82, 2.24) is 9.97 Å². The molecule has 7 heteroatoms. The van der Waals surface area contributed by atoms with E-state index in [-0.39, 0.29) is 5.69 Å². The molecular weight excluding hydrogens is 248 g/mol. The maximum Gasteiger partial charge on any atom is 0.267 e. The van der Waals surface area contributed by atoms with Crippen molar-refractivity contribution in [1.29, 1.82) is 0 Å². The van der Waals surface area contributed by atoms with E-state index >= 15 is 0 Å². The molecule has 1 spiro atoms. The zero-order valence-electron chi connectivity index (χ0n) is 10.5. The first-order valence-electron chi connectivity index (χ1n) is 6.34. The van der Waals surface area contributed by atoms with Crippen molar-refractivity contribution in [2.24, 2.45) is 5.73 Å². The maximum absolute atomic E-state index is 11.1. The zero-order valence-corrected chi connectivity index (χ0v) is 10.5. The van der Waals surface area contributed by atoms with Gasteiger partial charge in [0.2, 0.25) is 5.95 Å². The molecule has 19 heavy (non-hydrogen) atoms. The Morgan fingerprint density at radius 3 is 2.63 bits per heavy atom. The number of ether oxygens (including phenoxy) is 2. The van der Waals surface area contributed by atoms with Crippen molar-refractivity contribution in [2.45, 2.75) is 18.6 Å². The summed E-state index contributed by atoms with van der Waals surface area (Å²) in [5, 5.41) is 0. The summed E-state index contributed by atoms with van der Waals surface area (Å²) in [6, 6.07) is 1.51. The highest BCUT2D eigenvalue weighted by atomic mass is 16.7. The lowest BCUT2D eigenvalue weighted by atomic mass is 10.0. The number of aromatic nitrogens is 2. The van der Waals surface area contributed by atoms with E-state index in [1.807, 2.05) is 4.90 Å². The van der Waals surface area contributed by atoms with Crippen LogP contribution in [0.4, 0.5) is 5.95 Å². The minimum atomic E-state index is -0.542. The van der Waals surface area contributed by atoms with Gasteiger partial charge in [0, 0.05) is 32.1 Å². The van der Waals surface area contributed by atoms with Crippen molar-refractivity contribution >= 4 is 11.9 Å². The first-order valence-corrected chi connectivity index (χ1v) is 6.34. The highest BCUT2D eigenvalue weighted by Crippen LogP contribution is 2.32. The van der Waals surface area contributed by atoms with Crippen LogP contribution in [0, 0.1) is 0 Å². The summed E-state index contributed by atoms with van der Waals surface area (Å²) >= 11 is 0. The molecule has 102 valence electrons. The van der Waals surface area contributed by atoms with Gasteiger partial charge in [0.05, 0.1) is 13.2 Å². The monoisotopic (exact) mass is 264 g/mol. The number of carbonyl (C=O) groups is 1. The fourth-order valence-electron chi connectivity index (χ4n) is 2.47. The molecule has 2 aliphatic rings. The fraction of sp³-hybridized carbons (Fsp3) is 0.583. The minimum absolute atomic E-state index is 0.235. The van der Waals surface area contributed by atoms with Crippen molar-refractivity contribution in [3.05, 3.63) is 18.0 Å². The molecule has 2 aliphatic heterocycles. The van der Waals surface area contributed by atoms with Crippen molar-refractivity contribution < 1.29 is 14.3 Å². The summed E-state index contributed by atoms with van der Waals surface area (Å²) in [6.07, 6.45) is 3.10. The molecule has 3 heterocycles. The third kappa shape index (κ3) is 2.39. The molecule has 2 saturated heterocycles. The molecule has 0 radical (unpaired) electrons. The number of rotatable bonds is 2. The summed E-state index contributed by atoms with van der Waals surface area (Å²) in [5.41, 5.74) is 5.45. The molecule has 0 unspecified atom stereocenters. The summed E-state index contributed by atoms with van der Waals surface area (Å²) in [6.45, 7) is 2.80. The Hall–Kier alpha value is -1.73. The smallest absolute Gasteiger partial charge is 0.267 e. The van der Waals surface area contributed by atoms with Crippen LogP contribution in [0.2, 0.25) is 0 Å². The molecule has 2 fully saturated rings. The second-order valence-electron chi connectivity index (χ2n) is 4.70. The Morgan fingerprint density at radius 1 is 1.32 bits per heavy atom. The van der Waals surface area contributed by atoms with Gasteiger partial charge in [-0.2, -0.15) is 0 Å². The lowest BCUT2D eigenvalue weighted by Gasteiger charge is -2.37.